The van der Waals surface area contributed by atoms with Crippen molar-refractivity contribution in [2.24, 2.45) is 0 Å². The van der Waals surface area contributed by atoms with Gasteiger partial charge in [-0.25, -0.2) is 19.0 Å². The number of piperidine rings is 1. The molecule has 2 aromatic heterocycles. The number of alkyl halides is 1. The predicted molar refractivity (Wildman–Crippen MR) is 107 cm³/mol. The quantitative estimate of drug-likeness (QED) is 0.721. The molecule has 0 bridgehead atoms. The van der Waals surface area contributed by atoms with Gasteiger partial charge < -0.3 is 11.1 Å². The van der Waals surface area contributed by atoms with E-state index in [0.29, 0.717) is 41.6 Å². The Bertz CT molecular complexity index is 996. The van der Waals surface area contributed by atoms with Crippen molar-refractivity contribution in [2.45, 2.75) is 31.6 Å². The summed E-state index contributed by atoms with van der Waals surface area (Å²) in [5.41, 5.74) is 9.60. The second kappa shape index (κ2) is 6.79. The number of hydrogen-bond donors (Lipinski definition) is 2. The third kappa shape index (κ3) is 2.84. The normalized spacial score (nSPS) is 23.8. The van der Waals surface area contributed by atoms with Crippen LogP contribution in [0.25, 0.3) is 22.3 Å². The molecule has 2 saturated heterocycles. The van der Waals surface area contributed by atoms with Gasteiger partial charge in [0.1, 0.15) is 24.0 Å². The smallest absolute Gasteiger partial charge is 0.164 e. The summed E-state index contributed by atoms with van der Waals surface area (Å²) >= 11 is 0. The lowest BCUT2D eigenvalue weighted by Gasteiger charge is -2.43. The molecule has 0 saturated carbocycles. The van der Waals surface area contributed by atoms with Crippen LogP contribution in [0.5, 0.6) is 0 Å². The molecular weight excluding hydrogens is 357 g/mol. The lowest BCUT2D eigenvalue weighted by atomic mass is 9.99. The number of nitrogen functional groups attached to an aromatic ring is 1. The second-order valence-corrected chi connectivity index (χ2v) is 7.80. The molecule has 3 aromatic rings. The van der Waals surface area contributed by atoms with Gasteiger partial charge in [0, 0.05) is 37.8 Å². The van der Waals surface area contributed by atoms with Crippen LogP contribution in [-0.4, -0.2) is 63.0 Å². The van der Waals surface area contributed by atoms with Crippen LogP contribution in [0.3, 0.4) is 0 Å². The zero-order valence-electron chi connectivity index (χ0n) is 15.8. The molecule has 2 fully saturated rings. The van der Waals surface area contributed by atoms with Crippen molar-refractivity contribution < 1.29 is 4.39 Å². The largest absolute Gasteiger partial charge is 0.383 e. The van der Waals surface area contributed by atoms with Gasteiger partial charge in [-0.3, -0.25) is 4.90 Å². The summed E-state index contributed by atoms with van der Waals surface area (Å²) < 4.78 is 16.9. The summed E-state index contributed by atoms with van der Waals surface area (Å²) in [6, 6.07) is 8.18. The standard InChI is InChI=1S/C20H24FN7/c1-12-2-4-13(5-3-12)18-17-19(22)24-11-25-20(17)28(26-18)16-6-7-27(10-15(16)21)14-8-23-9-14/h2-5,11,14-16,23H,6-10H2,1H3,(H2,22,24,25)/t15-,16+/m0/s1. The number of aryl methyl sites for hydroxylation is 1. The van der Waals surface area contributed by atoms with Gasteiger partial charge in [-0.15, -0.1) is 0 Å². The third-order valence-electron chi connectivity index (χ3n) is 5.97. The van der Waals surface area contributed by atoms with Crippen LogP contribution in [0.15, 0.2) is 30.6 Å². The molecule has 7 nitrogen and oxygen atoms in total. The van der Waals surface area contributed by atoms with E-state index in [0.717, 1.165) is 25.2 Å². The SMILES string of the molecule is Cc1ccc(-c2nn([C@@H]3CCN(C4CNC4)C[C@@H]3F)c3ncnc(N)c23)cc1. The van der Waals surface area contributed by atoms with Gasteiger partial charge in [0.05, 0.1) is 11.4 Å². The summed E-state index contributed by atoms with van der Waals surface area (Å²) in [4.78, 5) is 10.8. The minimum atomic E-state index is -1.00. The Morgan fingerprint density at radius 2 is 1.96 bits per heavy atom. The molecule has 0 radical (unpaired) electrons. The molecule has 0 spiro atoms. The van der Waals surface area contributed by atoms with Gasteiger partial charge in [-0.1, -0.05) is 29.8 Å². The van der Waals surface area contributed by atoms with E-state index in [1.54, 1.807) is 4.68 Å². The van der Waals surface area contributed by atoms with Crippen LogP contribution in [0.4, 0.5) is 10.2 Å². The molecule has 0 unspecified atom stereocenters. The van der Waals surface area contributed by atoms with Gasteiger partial charge in [0.2, 0.25) is 0 Å². The van der Waals surface area contributed by atoms with E-state index in [1.807, 2.05) is 31.2 Å². The fourth-order valence-electron chi connectivity index (χ4n) is 4.19. The molecule has 146 valence electrons. The van der Waals surface area contributed by atoms with Gasteiger partial charge in [-0.05, 0) is 13.3 Å². The summed E-state index contributed by atoms with van der Waals surface area (Å²) in [5, 5.41) is 8.75. The van der Waals surface area contributed by atoms with Crippen molar-refractivity contribution in [1.29, 1.82) is 0 Å². The number of nitrogens with zero attached hydrogens (tertiary/aromatic N) is 5. The number of likely N-dealkylation sites (tertiary alicyclic amines) is 1. The molecule has 2 atom stereocenters. The number of fused-ring (bicyclic) bond motifs is 1. The van der Waals surface area contributed by atoms with E-state index in [1.165, 1.54) is 11.9 Å². The average Bonchev–Trinajstić information content (AvgIpc) is 3.02. The molecule has 2 aliphatic heterocycles. The molecule has 8 heteroatoms. The summed E-state index contributed by atoms with van der Waals surface area (Å²) in [6.45, 7) is 5.22. The highest BCUT2D eigenvalue weighted by Gasteiger charge is 2.37. The van der Waals surface area contributed by atoms with Crippen molar-refractivity contribution in [3.63, 3.8) is 0 Å². The number of benzene rings is 1. The Hall–Kier alpha value is -2.58. The maximum absolute atomic E-state index is 15.2. The first-order valence-electron chi connectivity index (χ1n) is 9.76. The molecule has 3 N–H and O–H groups in total. The first-order valence-corrected chi connectivity index (χ1v) is 9.76. The molecular formula is C20H24FN7. The molecule has 0 amide bonds. The van der Waals surface area contributed by atoms with Crippen LogP contribution in [-0.2, 0) is 0 Å². The maximum atomic E-state index is 15.2. The number of nitrogens with two attached hydrogens (primary N) is 1. The highest BCUT2D eigenvalue weighted by atomic mass is 19.1. The van der Waals surface area contributed by atoms with Crippen molar-refractivity contribution in [1.82, 2.24) is 30.0 Å². The van der Waals surface area contributed by atoms with Crippen LogP contribution < -0.4 is 11.1 Å². The summed E-state index contributed by atoms with van der Waals surface area (Å²) in [5.74, 6) is 0.375. The zero-order chi connectivity index (χ0) is 19.3. The lowest BCUT2D eigenvalue weighted by molar-refractivity contribution is 0.0401. The topological polar surface area (TPSA) is 84.9 Å². The van der Waals surface area contributed by atoms with Gasteiger partial charge in [0.15, 0.2) is 5.65 Å². The summed E-state index contributed by atoms with van der Waals surface area (Å²) in [7, 11) is 0. The molecule has 2 aliphatic rings. The highest BCUT2D eigenvalue weighted by Crippen LogP contribution is 2.35. The fourth-order valence-corrected chi connectivity index (χ4v) is 4.19. The fraction of sp³-hybridized carbons (Fsp3) is 0.450. The van der Waals surface area contributed by atoms with E-state index in [2.05, 4.69) is 20.2 Å². The van der Waals surface area contributed by atoms with Crippen molar-refractivity contribution in [3.8, 4) is 11.3 Å². The van der Waals surface area contributed by atoms with E-state index >= 15 is 4.39 Å². The maximum Gasteiger partial charge on any atom is 0.164 e. The number of anilines is 1. The Morgan fingerprint density at radius 3 is 2.64 bits per heavy atom. The minimum absolute atomic E-state index is 0.347. The van der Waals surface area contributed by atoms with Gasteiger partial charge in [-0.2, -0.15) is 5.10 Å². The Balaban J connectivity index is 1.55. The van der Waals surface area contributed by atoms with Crippen molar-refractivity contribution in [2.75, 3.05) is 31.9 Å². The third-order valence-corrected chi connectivity index (χ3v) is 5.97. The van der Waals surface area contributed by atoms with Crippen LogP contribution >= 0.6 is 0 Å². The van der Waals surface area contributed by atoms with Crippen molar-refractivity contribution >= 4 is 16.9 Å². The monoisotopic (exact) mass is 381 g/mol. The molecule has 4 heterocycles. The Morgan fingerprint density at radius 1 is 1.18 bits per heavy atom. The Labute approximate surface area is 162 Å². The lowest BCUT2D eigenvalue weighted by Crippen LogP contribution is -2.60. The van der Waals surface area contributed by atoms with E-state index in [9.17, 15) is 0 Å². The van der Waals surface area contributed by atoms with Crippen LogP contribution in [0.1, 0.15) is 18.0 Å². The van der Waals surface area contributed by atoms with E-state index in [-0.39, 0.29) is 6.04 Å². The minimum Gasteiger partial charge on any atom is -0.383 e. The number of hydrogen-bond acceptors (Lipinski definition) is 6. The number of aromatic nitrogens is 4. The predicted octanol–water partition coefficient (Wildman–Crippen LogP) is 1.94. The number of rotatable bonds is 3. The van der Waals surface area contributed by atoms with E-state index < -0.39 is 6.17 Å². The molecule has 0 aliphatic carbocycles. The Kier molecular flexibility index (Phi) is 4.25. The molecule has 1 aromatic carbocycles. The molecule has 28 heavy (non-hydrogen) atoms. The van der Waals surface area contributed by atoms with Crippen LogP contribution in [0, 0.1) is 6.92 Å². The first-order chi connectivity index (χ1) is 13.6. The number of halogens is 1. The molecule has 5 rings (SSSR count). The van der Waals surface area contributed by atoms with Crippen molar-refractivity contribution in [3.05, 3.63) is 36.2 Å². The van der Waals surface area contributed by atoms with Crippen LogP contribution in [0.2, 0.25) is 0 Å². The van der Waals surface area contributed by atoms with Gasteiger partial charge >= 0.3 is 0 Å². The first kappa shape index (κ1) is 17.5. The van der Waals surface area contributed by atoms with Gasteiger partial charge in [0.25, 0.3) is 0 Å². The highest BCUT2D eigenvalue weighted by molar-refractivity contribution is 5.98. The second-order valence-electron chi connectivity index (χ2n) is 7.80. The summed E-state index contributed by atoms with van der Waals surface area (Å²) in [6.07, 6.45) is 1.13. The average molecular weight is 381 g/mol. The zero-order valence-corrected chi connectivity index (χ0v) is 15.8. The number of nitrogens with one attached hydrogen (secondary N) is 1. The van der Waals surface area contributed by atoms with E-state index in [4.69, 9.17) is 10.8 Å².